The first-order chi connectivity index (χ1) is 6.87. The van der Waals surface area contributed by atoms with Crippen molar-refractivity contribution in [1.82, 2.24) is 0 Å². The lowest BCUT2D eigenvalue weighted by atomic mass is 10.1. The highest BCUT2D eigenvalue weighted by atomic mass is 16.6. The second-order valence-electron chi connectivity index (χ2n) is 4.92. The molecule has 0 atom stereocenters. The molecule has 88 valence electrons. The van der Waals surface area contributed by atoms with Crippen LogP contribution in [0, 0.1) is 0 Å². The Hall–Kier alpha value is -0.790. The number of carbonyl (C=O) groups is 1. The average molecular weight is 212 g/mol. The number of ether oxygens (including phenoxy) is 1. The maximum atomic E-state index is 11.5. The average Bonchev–Trinajstić information content (AvgIpc) is 2.09. The molecule has 0 aliphatic heterocycles. The van der Waals surface area contributed by atoms with Crippen LogP contribution >= 0.6 is 0 Å². The molecule has 0 aliphatic carbocycles. The molecule has 0 amide bonds. The van der Waals surface area contributed by atoms with Crippen LogP contribution in [0.3, 0.4) is 0 Å². The molecule has 0 aromatic carbocycles. The van der Waals surface area contributed by atoms with Gasteiger partial charge in [-0.15, -0.1) is 0 Å². The van der Waals surface area contributed by atoms with Gasteiger partial charge >= 0.3 is 5.97 Å². The lowest BCUT2D eigenvalue weighted by Gasteiger charge is -2.20. The Kier molecular flexibility index (Phi) is 6.30. The Morgan fingerprint density at radius 1 is 1.20 bits per heavy atom. The predicted octanol–water partition coefficient (Wildman–Crippen LogP) is 3.85. The van der Waals surface area contributed by atoms with E-state index >= 15 is 0 Å². The summed E-state index contributed by atoms with van der Waals surface area (Å²) in [6.07, 6.45) is 5.39. The van der Waals surface area contributed by atoms with Crippen molar-refractivity contribution in [3.8, 4) is 0 Å². The third-order valence-electron chi connectivity index (χ3n) is 2.02. The number of unbranched alkanes of at least 4 members (excludes halogenated alkanes) is 3. The van der Waals surface area contributed by atoms with Crippen LogP contribution in [-0.2, 0) is 9.53 Å². The van der Waals surface area contributed by atoms with E-state index in [1.54, 1.807) is 0 Å². The van der Waals surface area contributed by atoms with E-state index in [4.69, 9.17) is 4.74 Å². The minimum Gasteiger partial charge on any atom is -0.457 e. The van der Waals surface area contributed by atoms with Gasteiger partial charge in [-0.05, 0) is 33.6 Å². The lowest BCUT2D eigenvalue weighted by Crippen LogP contribution is -2.24. The quantitative estimate of drug-likeness (QED) is 0.380. The Morgan fingerprint density at radius 2 is 1.80 bits per heavy atom. The van der Waals surface area contributed by atoms with Crippen LogP contribution in [0.25, 0.3) is 0 Å². The summed E-state index contributed by atoms with van der Waals surface area (Å²) in [5.41, 5.74) is 0.185. The Bertz CT molecular complexity index is 211. The number of hydrogen-bond donors (Lipinski definition) is 0. The summed E-state index contributed by atoms with van der Waals surface area (Å²) < 4.78 is 5.22. The number of carbonyl (C=O) groups excluding carboxylic acids is 1. The van der Waals surface area contributed by atoms with Gasteiger partial charge in [-0.1, -0.05) is 32.8 Å². The molecular weight excluding hydrogens is 188 g/mol. The summed E-state index contributed by atoms with van der Waals surface area (Å²) in [6, 6.07) is 0. The highest BCUT2D eigenvalue weighted by molar-refractivity contribution is 5.87. The molecule has 0 spiro atoms. The molecule has 0 saturated heterocycles. The van der Waals surface area contributed by atoms with Crippen LogP contribution in [0.1, 0.15) is 59.8 Å². The topological polar surface area (TPSA) is 26.3 Å². The first kappa shape index (κ1) is 14.2. The first-order valence-corrected chi connectivity index (χ1v) is 5.78. The molecule has 0 N–H and O–H groups in total. The molecule has 0 rings (SSSR count). The minimum absolute atomic E-state index is 0.251. The van der Waals surface area contributed by atoms with Crippen molar-refractivity contribution in [3.05, 3.63) is 12.2 Å². The van der Waals surface area contributed by atoms with Gasteiger partial charge in [-0.3, -0.25) is 0 Å². The van der Waals surface area contributed by atoms with Gasteiger partial charge in [-0.25, -0.2) is 4.79 Å². The van der Waals surface area contributed by atoms with Gasteiger partial charge in [-0.2, -0.15) is 0 Å². The third-order valence-corrected chi connectivity index (χ3v) is 2.02. The van der Waals surface area contributed by atoms with Crippen molar-refractivity contribution >= 4 is 5.97 Å². The van der Waals surface area contributed by atoms with Crippen molar-refractivity contribution in [2.24, 2.45) is 0 Å². The number of rotatable bonds is 6. The zero-order valence-electron chi connectivity index (χ0n) is 10.6. The number of esters is 1. The molecule has 0 unspecified atom stereocenters. The van der Waals surface area contributed by atoms with E-state index in [1.807, 2.05) is 20.8 Å². The van der Waals surface area contributed by atoms with Crippen LogP contribution in [0.15, 0.2) is 12.2 Å². The zero-order valence-corrected chi connectivity index (χ0v) is 10.6. The van der Waals surface area contributed by atoms with Crippen LogP contribution in [0.5, 0.6) is 0 Å². The smallest absolute Gasteiger partial charge is 0.333 e. The van der Waals surface area contributed by atoms with Crippen molar-refractivity contribution < 1.29 is 9.53 Å². The fourth-order valence-corrected chi connectivity index (χ4v) is 1.22. The maximum Gasteiger partial charge on any atom is 0.333 e. The van der Waals surface area contributed by atoms with Crippen molar-refractivity contribution in [2.75, 3.05) is 0 Å². The molecule has 2 nitrogen and oxygen atoms in total. The molecular formula is C13H24O2. The maximum absolute atomic E-state index is 11.5. The van der Waals surface area contributed by atoms with E-state index in [1.165, 1.54) is 12.8 Å². The molecule has 0 aromatic heterocycles. The predicted molar refractivity (Wildman–Crippen MR) is 63.7 cm³/mol. The van der Waals surface area contributed by atoms with E-state index in [9.17, 15) is 4.79 Å². The fraction of sp³-hybridized carbons (Fsp3) is 0.769. The summed E-state index contributed by atoms with van der Waals surface area (Å²) >= 11 is 0. The highest BCUT2D eigenvalue weighted by Crippen LogP contribution is 2.14. The molecule has 0 radical (unpaired) electrons. The Labute approximate surface area is 93.7 Å². The molecule has 0 saturated carbocycles. The summed E-state index contributed by atoms with van der Waals surface area (Å²) in [5.74, 6) is -0.251. The molecule has 0 aliphatic rings. The van der Waals surface area contributed by atoms with E-state index in [-0.39, 0.29) is 5.97 Å². The third kappa shape index (κ3) is 8.22. The van der Waals surface area contributed by atoms with E-state index in [2.05, 4.69) is 13.5 Å². The van der Waals surface area contributed by atoms with Gasteiger partial charge in [0.1, 0.15) is 5.60 Å². The normalized spacial score (nSPS) is 11.2. The first-order valence-electron chi connectivity index (χ1n) is 5.78. The summed E-state index contributed by atoms with van der Waals surface area (Å²) in [6.45, 7) is 11.5. The van der Waals surface area contributed by atoms with Gasteiger partial charge in [0.25, 0.3) is 0 Å². The van der Waals surface area contributed by atoms with E-state index in [0.29, 0.717) is 5.57 Å². The van der Waals surface area contributed by atoms with Gasteiger partial charge in [0, 0.05) is 5.57 Å². The van der Waals surface area contributed by atoms with Gasteiger partial charge < -0.3 is 4.74 Å². The molecule has 15 heavy (non-hydrogen) atoms. The van der Waals surface area contributed by atoms with Crippen LogP contribution in [0.2, 0.25) is 0 Å². The Balaban J connectivity index is 3.76. The van der Waals surface area contributed by atoms with Crippen molar-refractivity contribution in [3.63, 3.8) is 0 Å². The summed E-state index contributed by atoms with van der Waals surface area (Å²) in [4.78, 5) is 11.5. The minimum atomic E-state index is -0.413. The largest absolute Gasteiger partial charge is 0.457 e. The highest BCUT2D eigenvalue weighted by Gasteiger charge is 2.17. The van der Waals surface area contributed by atoms with Gasteiger partial charge in [0.2, 0.25) is 0 Å². The van der Waals surface area contributed by atoms with Crippen LogP contribution < -0.4 is 0 Å². The fourth-order valence-electron chi connectivity index (χ4n) is 1.22. The van der Waals surface area contributed by atoms with Crippen LogP contribution in [-0.4, -0.2) is 11.6 Å². The molecule has 0 fully saturated rings. The lowest BCUT2D eigenvalue weighted by molar-refractivity contribution is -0.150. The molecule has 2 heteroatoms. The number of hydrogen-bond acceptors (Lipinski definition) is 2. The molecule has 0 aromatic rings. The Morgan fingerprint density at radius 3 is 2.27 bits per heavy atom. The van der Waals surface area contributed by atoms with Crippen LogP contribution in [0.4, 0.5) is 0 Å². The molecule has 0 heterocycles. The molecule has 0 bridgehead atoms. The summed E-state index contributed by atoms with van der Waals surface area (Å²) in [7, 11) is 0. The second-order valence-corrected chi connectivity index (χ2v) is 4.92. The van der Waals surface area contributed by atoms with Gasteiger partial charge in [0.15, 0.2) is 0 Å². The van der Waals surface area contributed by atoms with Gasteiger partial charge in [0.05, 0.1) is 0 Å². The monoisotopic (exact) mass is 212 g/mol. The SMILES string of the molecule is C=C(CCCCCC)C(=O)OC(C)(C)C. The second kappa shape index (κ2) is 6.65. The van der Waals surface area contributed by atoms with E-state index < -0.39 is 5.60 Å². The zero-order chi connectivity index (χ0) is 11.9. The summed E-state index contributed by atoms with van der Waals surface area (Å²) in [5, 5.41) is 0. The van der Waals surface area contributed by atoms with Crippen molar-refractivity contribution in [1.29, 1.82) is 0 Å². The van der Waals surface area contributed by atoms with E-state index in [0.717, 1.165) is 19.3 Å². The van der Waals surface area contributed by atoms with Crippen molar-refractivity contribution in [2.45, 2.75) is 65.4 Å². The standard InChI is InChI=1S/C13H24O2/c1-6-7-8-9-10-11(2)12(14)15-13(3,4)5/h2,6-10H2,1,3-5H3.